The summed E-state index contributed by atoms with van der Waals surface area (Å²) in [4.78, 5) is 28.7. The number of halogens is 1. The fourth-order valence-corrected chi connectivity index (χ4v) is 3.40. The third kappa shape index (κ3) is 3.17. The van der Waals surface area contributed by atoms with Crippen molar-refractivity contribution < 1.29 is 18.7 Å². The first-order valence-electron chi connectivity index (χ1n) is 8.89. The second kappa shape index (κ2) is 6.95. The molecule has 1 aromatic carbocycles. The highest BCUT2D eigenvalue weighted by Gasteiger charge is 2.32. The molecule has 1 aliphatic heterocycles. The van der Waals surface area contributed by atoms with E-state index in [1.165, 1.54) is 17.9 Å². The van der Waals surface area contributed by atoms with Gasteiger partial charge in [0.2, 0.25) is 5.91 Å². The van der Waals surface area contributed by atoms with Gasteiger partial charge in [-0.15, -0.1) is 0 Å². The molecular formula is C20H19FN4O3. The van der Waals surface area contributed by atoms with Gasteiger partial charge in [0.15, 0.2) is 0 Å². The number of aryl methyl sites for hydroxylation is 1. The third-order valence-electron chi connectivity index (χ3n) is 4.83. The molecule has 0 spiro atoms. The van der Waals surface area contributed by atoms with Gasteiger partial charge < -0.3 is 14.5 Å². The van der Waals surface area contributed by atoms with E-state index < -0.39 is 18.0 Å². The van der Waals surface area contributed by atoms with E-state index in [2.05, 4.69) is 10.3 Å². The number of nitrogens with one attached hydrogen (secondary N) is 1. The van der Waals surface area contributed by atoms with Gasteiger partial charge in [0, 0.05) is 36.1 Å². The molecule has 1 atom stereocenters. The highest BCUT2D eigenvalue weighted by Crippen LogP contribution is 2.31. The van der Waals surface area contributed by atoms with Gasteiger partial charge in [0.25, 0.3) is 0 Å². The topological polar surface area (TPSA) is 75.9 Å². The fraction of sp³-hybridized carbons (Fsp3) is 0.250. The number of aromatic nitrogens is 2. The quantitative estimate of drug-likeness (QED) is 0.753. The minimum absolute atomic E-state index is 0.199. The molecule has 3 heterocycles. The molecule has 1 fully saturated rings. The summed E-state index contributed by atoms with van der Waals surface area (Å²) in [5.74, 6) is -0.631. The summed E-state index contributed by atoms with van der Waals surface area (Å²) in [6.45, 7) is 3.77. The van der Waals surface area contributed by atoms with Crippen molar-refractivity contribution in [3.05, 3.63) is 54.2 Å². The van der Waals surface area contributed by atoms with Crippen molar-refractivity contribution in [1.82, 2.24) is 14.7 Å². The monoisotopic (exact) mass is 382 g/mol. The fourth-order valence-electron chi connectivity index (χ4n) is 3.40. The number of cyclic esters (lactones) is 1. The van der Waals surface area contributed by atoms with E-state index in [1.54, 1.807) is 18.3 Å². The van der Waals surface area contributed by atoms with Gasteiger partial charge in [-0.25, -0.2) is 14.2 Å². The standard InChI is InChI=1S/C20H19FN4O3/c1-12-16(5-6-19-22-7-8-24(12)19)17-4-3-14(9-18(17)21)25-11-15(28-20(25)27)10-23-13(2)26/h3-9,15H,10-11H2,1-2H3,(H,23,26)/t15-/m0/s1. The maximum Gasteiger partial charge on any atom is 0.414 e. The van der Waals surface area contributed by atoms with Gasteiger partial charge in [-0.1, -0.05) is 0 Å². The van der Waals surface area contributed by atoms with Crippen molar-refractivity contribution in [2.24, 2.45) is 0 Å². The summed E-state index contributed by atoms with van der Waals surface area (Å²) < 4.78 is 22.0. The molecule has 1 saturated heterocycles. The number of benzene rings is 1. The third-order valence-corrected chi connectivity index (χ3v) is 4.83. The van der Waals surface area contributed by atoms with Crippen LogP contribution < -0.4 is 10.2 Å². The van der Waals surface area contributed by atoms with Crippen LogP contribution >= 0.6 is 0 Å². The Morgan fingerprint density at radius 3 is 2.86 bits per heavy atom. The maximum atomic E-state index is 14.9. The van der Waals surface area contributed by atoms with Gasteiger partial charge in [0.1, 0.15) is 17.6 Å². The molecule has 7 nitrogen and oxygen atoms in total. The number of carbonyl (C=O) groups is 2. The zero-order chi connectivity index (χ0) is 19.8. The number of amides is 2. The lowest BCUT2D eigenvalue weighted by molar-refractivity contribution is -0.119. The molecule has 4 rings (SSSR count). The predicted molar refractivity (Wildman–Crippen MR) is 102 cm³/mol. The van der Waals surface area contributed by atoms with E-state index in [0.29, 0.717) is 11.3 Å². The number of imidazole rings is 1. The average molecular weight is 382 g/mol. The largest absolute Gasteiger partial charge is 0.442 e. The second-order valence-corrected chi connectivity index (χ2v) is 6.71. The lowest BCUT2D eigenvalue weighted by Crippen LogP contribution is -2.33. The Morgan fingerprint density at radius 1 is 1.32 bits per heavy atom. The lowest BCUT2D eigenvalue weighted by atomic mass is 10.0. The van der Waals surface area contributed by atoms with Crippen LogP contribution in [0.1, 0.15) is 12.6 Å². The number of nitrogens with zero attached hydrogens (tertiary/aromatic N) is 3. The maximum absolute atomic E-state index is 14.9. The Kier molecular flexibility index (Phi) is 4.46. The molecule has 144 valence electrons. The van der Waals surface area contributed by atoms with Crippen LogP contribution in [0.25, 0.3) is 16.8 Å². The summed E-state index contributed by atoms with van der Waals surface area (Å²) in [7, 11) is 0. The van der Waals surface area contributed by atoms with Gasteiger partial charge in [0.05, 0.1) is 18.8 Å². The number of fused-ring (bicyclic) bond motifs is 1. The van der Waals surface area contributed by atoms with Gasteiger partial charge in [-0.05, 0) is 37.3 Å². The minimum atomic E-state index is -0.557. The van der Waals surface area contributed by atoms with E-state index in [-0.39, 0.29) is 19.0 Å². The molecule has 2 aromatic heterocycles. The summed E-state index contributed by atoms with van der Waals surface area (Å²) in [6, 6.07) is 8.35. The molecular weight excluding hydrogens is 363 g/mol. The van der Waals surface area contributed by atoms with Crippen LogP contribution in [-0.2, 0) is 9.53 Å². The van der Waals surface area contributed by atoms with Crippen LogP contribution in [0.15, 0.2) is 42.7 Å². The molecule has 0 radical (unpaired) electrons. The highest BCUT2D eigenvalue weighted by molar-refractivity contribution is 5.90. The van der Waals surface area contributed by atoms with E-state index in [4.69, 9.17) is 4.74 Å². The minimum Gasteiger partial charge on any atom is -0.442 e. The molecule has 1 aliphatic rings. The van der Waals surface area contributed by atoms with E-state index in [0.717, 1.165) is 16.9 Å². The molecule has 0 bridgehead atoms. The zero-order valence-electron chi connectivity index (χ0n) is 15.5. The Bertz CT molecular complexity index is 1080. The van der Waals surface area contributed by atoms with Crippen LogP contribution in [0.2, 0.25) is 0 Å². The van der Waals surface area contributed by atoms with Crippen LogP contribution in [0, 0.1) is 12.7 Å². The smallest absolute Gasteiger partial charge is 0.414 e. The number of pyridine rings is 1. The predicted octanol–water partition coefficient (Wildman–Crippen LogP) is 2.91. The summed E-state index contributed by atoms with van der Waals surface area (Å²) >= 11 is 0. The molecule has 3 aromatic rings. The normalized spacial score (nSPS) is 16.5. The first-order valence-corrected chi connectivity index (χ1v) is 8.89. The van der Waals surface area contributed by atoms with E-state index >= 15 is 0 Å². The van der Waals surface area contributed by atoms with Crippen LogP contribution in [0.3, 0.4) is 0 Å². The van der Waals surface area contributed by atoms with Crippen LogP contribution in [0.5, 0.6) is 0 Å². The van der Waals surface area contributed by atoms with Gasteiger partial charge in [-0.3, -0.25) is 9.69 Å². The SMILES string of the molecule is CC(=O)NC[C@H]1CN(c2ccc(-c3ccc4nccn4c3C)c(F)c2)C(=O)O1. The van der Waals surface area contributed by atoms with E-state index in [9.17, 15) is 14.0 Å². The van der Waals surface area contributed by atoms with Crippen molar-refractivity contribution in [2.45, 2.75) is 20.0 Å². The number of rotatable bonds is 4. The molecule has 8 heteroatoms. The Hall–Kier alpha value is -3.42. The van der Waals surface area contributed by atoms with Gasteiger partial charge in [-0.2, -0.15) is 0 Å². The molecule has 0 unspecified atom stereocenters. The summed E-state index contributed by atoms with van der Waals surface area (Å²) in [5, 5.41) is 2.62. The number of hydrogen-bond acceptors (Lipinski definition) is 4. The molecule has 1 N–H and O–H groups in total. The van der Waals surface area contributed by atoms with Crippen molar-refractivity contribution >= 4 is 23.3 Å². The van der Waals surface area contributed by atoms with Crippen molar-refractivity contribution in [2.75, 3.05) is 18.0 Å². The number of anilines is 1. The van der Waals surface area contributed by atoms with Crippen molar-refractivity contribution in [1.29, 1.82) is 0 Å². The van der Waals surface area contributed by atoms with Crippen molar-refractivity contribution in [3.8, 4) is 11.1 Å². The molecule has 0 saturated carbocycles. The van der Waals surface area contributed by atoms with Crippen molar-refractivity contribution in [3.63, 3.8) is 0 Å². The van der Waals surface area contributed by atoms with E-state index in [1.807, 2.05) is 29.7 Å². The zero-order valence-corrected chi connectivity index (χ0v) is 15.5. The van der Waals surface area contributed by atoms with Gasteiger partial charge >= 0.3 is 6.09 Å². The summed E-state index contributed by atoms with van der Waals surface area (Å²) in [6.07, 6.45) is 2.50. The first kappa shape index (κ1) is 18.0. The second-order valence-electron chi connectivity index (χ2n) is 6.71. The molecule has 28 heavy (non-hydrogen) atoms. The highest BCUT2D eigenvalue weighted by atomic mass is 19.1. The molecule has 0 aliphatic carbocycles. The Labute approximate surface area is 160 Å². The van der Waals surface area contributed by atoms with Crippen LogP contribution in [-0.4, -0.2) is 40.6 Å². The molecule has 2 amide bonds. The average Bonchev–Trinajstić information content (AvgIpc) is 3.28. The number of ether oxygens (including phenoxy) is 1. The Balaban J connectivity index is 1.60. The number of carbonyl (C=O) groups excluding carboxylic acids is 2. The first-order chi connectivity index (χ1) is 13.4. The number of hydrogen-bond donors (Lipinski definition) is 1. The van der Waals surface area contributed by atoms with Crippen LogP contribution in [0.4, 0.5) is 14.9 Å². The summed E-state index contributed by atoms with van der Waals surface area (Å²) in [5.41, 5.74) is 3.28. The Morgan fingerprint density at radius 2 is 2.11 bits per heavy atom. The lowest BCUT2D eigenvalue weighted by Gasteiger charge is -2.15.